The Kier molecular flexibility index (Phi) is 6.38. The molecule has 1 aliphatic heterocycles. The van der Waals surface area contributed by atoms with Crippen LogP contribution in [0.3, 0.4) is 0 Å². The Labute approximate surface area is 122 Å². The highest BCUT2D eigenvalue weighted by atomic mass is 28.4. The van der Waals surface area contributed by atoms with Crippen molar-refractivity contribution in [2.75, 3.05) is 21.3 Å². The van der Waals surface area contributed by atoms with Crippen molar-refractivity contribution in [2.24, 2.45) is 0 Å². The zero-order chi connectivity index (χ0) is 15.2. The molecule has 0 amide bonds. The van der Waals surface area contributed by atoms with E-state index in [0.717, 1.165) is 24.9 Å². The average Bonchev–Trinajstić information content (AvgIpc) is 2.48. The molecule has 1 heterocycles. The highest BCUT2D eigenvalue weighted by Gasteiger charge is 2.63. The number of esters is 1. The molecule has 0 radical (unpaired) electrons. The van der Waals surface area contributed by atoms with E-state index in [2.05, 4.69) is 13.5 Å². The smallest absolute Gasteiger partial charge is 0.330 e. The van der Waals surface area contributed by atoms with Crippen molar-refractivity contribution in [2.45, 2.75) is 49.8 Å². The first kappa shape index (κ1) is 17.4. The molecule has 0 saturated carbocycles. The molecule has 2 unspecified atom stereocenters. The maximum Gasteiger partial charge on any atom is 0.330 e. The first-order valence-electron chi connectivity index (χ1n) is 7.04. The van der Waals surface area contributed by atoms with E-state index in [0.29, 0.717) is 6.42 Å². The van der Waals surface area contributed by atoms with Crippen LogP contribution in [0.25, 0.3) is 0 Å². The summed E-state index contributed by atoms with van der Waals surface area (Å²) in [5, 5.41) is 0. The van der Waals surface area contributed by atoms with Crippen LogP contribution in [0.5, 0.6) is 0 Å². The maximum absolute atomic E-state index is 11.6. The molecule has 2 atom stereocenters. The summed E-state index contributed by atoms with van der Waals surface area (Å²) in [5.74, 6) is -0.453. The van der Waals surface area contributed by atoms with E-state index in [-0.39, 0.29) is 0 Å². The minimum atomic E-state index is -2.33. The van der Waals surface area contributed by atoms with Crippen LogP contribution in [0.2, 0.25) is 12.1 Å². The third-order valence-electron chi connectivity index (χ3n) is 4.18. The molecule has 1 rings (SSSR count). The summed E-state index contributed by atoms with van der Waals surface area (Å²) in [4.78, 5) is 11.6. The number of ether oxygens (including phenoxy) is 3. The van der Waals surface area contributed by atoms with Gasteiger partial charge in [0.1, 0.15) is 0 Å². The quantitative estimate of drug-likeness (QED) is 0.313. The highest BCUT2D eigenvalue weighted by Crippen LogP contribution is 2.44. The van der Waals surface area contributed by atoms with Gasteiger partial charge in [-0.3, -0.25) is 0 Å². The first-order chi connectivity index (χ1) is 9.55. The largest absolute Gasteiger partial charge is 0.454 e. The lowest BCUT2D eigenvalue weighted by Crippen LogP contribution is -2.70. The second-order valence-electron chi connectivity index (χ2n) is 5.05. The van der Waals surface area contributed by atoms with E-state index in [1.165, 1.54) is 6.08 Å². The zero-order valence-corrected chi connectivity index (χ0v) is 13.9. The van der Waals surface area contributed by atoms with E-state index in [1.54, 1.807) is 21.3 Å². The molecule has 0 aromatic heterocycles. The standard InChI is InChI=1S/C14H26O5Si/c1-6-10-20(18-5)11-8-9-12(19-13(15)7-2)14(20,16-3)17-4/h7,12H,2,6,8-11H2,1,3-5H3. The van der Waals surface area contributed by atoms with Crippen LogP contribution in [-0.4, -0.2) is 47.1 Å². The Morgan fingerprint density at radius 2 is 2.05 bits per heavy atom. The van der Waals surface area contributed by atoms with Gasteiger partial charge in [0, 0.05) is 27.4 Å². The minimum absolute atomic E-state index is 0.449. The number of methoxy groups -OCH3 is 2. The lowest BCUT2D eigenvalue weighted by atomic mass is 10.2. The van der Waals surface area contributed by atoms with Crippen LogP contribution < -0.4 is 0 Å². The van der Waals surface area contributed by atoms with Crippen molar-refractivity contribution >= 4 is 14.3 Å². The van der Waals surface area contributed by atoms with Crippen LogP contribution in [0, 0.1) is 0 Å². The zero-order valence-electron chi connectivity index (χ0n) is 12.9. The molecule has 0 bridgehead atoms. The molecular formula is C14H26O5Si. The van der Waals surface area contributed by atoms with Gasteiger partial charge in [0.25, 0.3) is 8.32 Å². The predicted molar refractivity (Wildman–Crippen MR) is 78.7 cm³/mol. The van der Waals surface area contributed by atoms with E-state index >= 15 is 0 Å². The monoisotopic (exact) mass is 302 g/mol. The Morgan fingerprint density at radius 3 is 2.50 bits per heavy atom. The van der Waals surface area contributed by atoms with Gasteiger partial charge in [-0.15, -0.1) is 0 Å². The van der Waals surface area contributed by atoms with Crippen molar-refractivity contribution in [3.05, 3.63) is 12.7 Å². The second kappa shape index (κ2) is 7.35. The summed E-state index contributed by atoms with van der Waals surface area (Å²) in [6.07, 6.45) is 3.36. The fourth-order valence-electron chi connectivity index (χ4n) is 3.32. The van der Waals surface area contributed by atoms with Crippen LogP contribution in [0.1, 0.15) is 26.2 Å². The normalized spacial score (nSPS) is 28.9. The molecule has 0 aromatic rings. The van der Waals surface area contributed by atoms with Crippen molar-refractivity contribution in [3.63, 3.8) is 0 Å². The van der Waals surface area contributed by atoms with Crippen LogP contribution >= 0.6 is 0 Å². The van der Waals surface area contributed by atoms with Crippen LogP contribution in [0.15, 0.2) is 12.7 Å². The van der Waals surface area contributed by atoms with Crippen LogP contribution in [-0.2, 0) is 23.4 Å². The van der Waals surface area contributed by atoms with E-state index in [9.17, 15) is 4.79 Å². The van der Waals surface area contributed by atoms with Gasteiger partial charge in [0.15, 0.2) is 6.10 Å². The molecule has 20 heavy (non-hydrogen) atoms. The van der Waals surface area contributed by atoms with Gasteiger partial charge >= 0.3 is 5.97 Å². The molecular weight excluding hydrogens is 276 g/mol. The summed E-state index contributed by atoms with van der Waals surface area (Å²) in [5.41, 5.74) is -0.950. The van der Waals surface area contributed by atoms with Gasteiger partial charge in [-0.1, -0.05) is 19.9 Å². The molecule has 0 N–H and O–H groups in total. The molecule has 116 valence electrons. The third-order valence-corrected chi connectivity index (χ3v) is 9.43. The van der Waals surface area contributed by atoms with Crippen molar-refractivity contribution in [1.29, 1.82) is 0 Å². The van der Waals surface area contributed by atoms with Gasteiger partial charge in [0.2, 0.25) is 5.41 Å². The number of hydrogen-bond donors (Lipinski definition) is 0. The molecule has 1 fully saturated rings. The lowest BCUT2D eigenvalue weighted by molar-refractivity contribution is -0.232. The maximum atomic E-state index is 11.6. The summed E-state index contributed by atoms with van der Waals surface area (Å²) in [6, 6.07) is 1.86. The Morgan fingerprint density at radius 1 is 1.40 bits per heavy atom. The number of hydrogen-bond acceptors (Lipinski definition) is 5. The van der Waals surface area contributed by atoms with E-state index < -0.39 is 25.8 Å². The summed E-state index contributed by atoms with van der Waals surface area (Å²) >= 11 is 0. The van der Waals surface area contributed by atoms with E-state index in [1.807, 2.05) is 0 Å². The average molecular weight is 302 g/mol. The summed E-state index contributed by atoms with van der Waals surface area (Å²) < 4.78 is 22.9. The van der Waals surface area contributed by atoms with Crippen LogP contribution in [0.4, 0.5) is 0 Å². The van der Waals surface area contributed by atoms with Crippen molar-refractivity contribution in [1.82, 2.24) is 0 Å². The molecule has 5 nitrogen and oxygen atoms in total. The molecule has 1 saturated heterocycles. The fourth-order valence-corrected chi connectivity index (χ4v) is 8.08. The molecule has 6 heteroatoms. The van der Waals surface area contributed by atoms with Gasteiger partial charge in [-0.2, -0.15) is 0 Å². The number of rotatable bonds is 7. The van der Waals surface area contributed by atoms with Crippen molar-refractivity contribution < 1.29 is 23.4 Å². The molecule has 1 aliphatic rings. The molecule has 0 spiro atoms. The van der Waals surface area contributed by atoms with Gasteiger partial charge < -0.3 is 18.6 Å². The minimum Gasteiger partial charge on any atom is -0.454 e. The second-order valence-corrected chi connectivity index (χ2v) is 9.14. The topological polar surface area (TPSA) is 54.0 Å². The highest BCUT2D eigenvalue weighted by molar-refractivity contribution is 6.76. The summed E-state index contributed by atoms with van der Waals surface area (Å²) in [7, 11) is 2.57. The predicted octanol–water partition coefficient (Wildman–Crippen LogP) is 2.41. The Bertz CT molecular complexity index is 338. The SMILES string of the molecule is C=CC(=O)OC1CCC[Si](CCC)(OC)C1(OC)OC. The third kappa shape index (κ3) is 2.83. The Hall–Kier alpha value is -0.693. The fraction of sp³-hybridized carbons (Fsp3) is 0.786. The van der Waals surface area contributed by atoms with E-state index in [4.69, 9.17) is 18.6 Å². The van der Waals surface area contributed by atoms with Gasteiger partial charge in [-0.25, -0.2) is 4.79 Å². The number of carbonyl (C=O) groups is 1. The molecule has 0 aromatic carbocycles. The first-order valence-corrected chi connectivity index (χ1v) is 9.36. The summed E-state index contributed by atoms with van der Waals surface area (Å²) in [6.45, 7) is 5.56. The molecule has 0 aliphatic carbocycles. The van der Waals surface area contributed by atoms with Gasteiger partial charge in [-0.05, 0) is 24.9 Å². The van der Waals surface area contributed by atoms with Crippen molar-refractivity contribution in [3.8, 4) is 0 Å². The number of carbonyl (C=O) groups excluding carboxylic acids is 1. The lowest BCUT2D eigenvalue weighted by Gasteiger charge is -2.51. The van der Waals surface area contributed by atoms with Gasteiger partial charge in [0.05, 0.1) is 0 Å². The Balaban J connectivity index is 3.17.